The minimum atomic E-state index is 0.147. The van der Waals surface area contributed by atoms with Gasteiger partial charge in [0.05, 0.1) is 31.6 Å². The first-order valence-corrected chi connectivity index (χ1v) is 7.85. The van der Waals surface area contributed by atoms with E-state index in [0.29, 0.717) is 6.61 Å². The van der Waals surface area contributed by atoms with E-state index in [1.54, 1.807) is 6.20 Å². The topological polar surface area (TPSA) is 46.6 Å². The van der Waals surface area contributed by atoms with Gasteiger partial charge in [0.1, 0.15) is 5.75 Å². The number of nitrogens with zero attached hydrogens (tertiary/aromatic N) is 2. The van der Waals surface area contributed by atoms with Crippen LogP contribution in [0.4, 0.5) is 0 Å². The molecular weight excluding hydrogens is 266 g/mol. The minimum absolute atomic E-state index is 0.147. The second-order valence-electron chi connectivity index (χ2n) is 5.49. The summed E-state index contributed by atoms with van der Waals surface area (Å²) in [4.78, 5) is 6.63. The Kier molecular flexibility index (Phi) is 6.42. The third kappa shape index (κ3) is 4.66. The van der Waals surface area contributed by atoms with Crippen molar-refractivity contribution in [3.05, 3.63) is 24.0 Å². The van der Waals surface area contributed by atoms with Crippen LogP contribution in [0, 0.1) is 0 Å². The van der Waals surface area contributed by atoms with Gasteiger partial charge in [-0.3, -0.25) is 4.98 Å². The minimum Gasteiger partial charge on any atom is -0.492 e. The number of pyridine rings is 1. The van der Waals surface area contributed by atoms with Crippen molar-refractivity contribution < 1.29 is 9.47 Å². The van der Waals surface area contributed by atoms with Crippen molar-refractivity contribution in [3.8, 4) is 5.75 Å². The fourth-order valence-electron chi connectivity index (χ4n) is 2.63. The van der Waals surface area contributed by atoms with Crippen LogP contribution in [0.2, 0.25) is 0 Å². The molecule has 21 heavy (non-hydrogen) atoms. The van der Waals surface area contributed by atoms with Crippen LogP contribution in [0.15, 0.2) is 18.5 Å². The molecule has 0 bridgehead atoms. The standard InChI is InChI=1S/C16H27N3O2/c1-4-6-18-16(15-12-19(3)7-8-21-15)13-9-14(20-5-2)11-17-10-13/h9-11,15-16,18H,4-8,12H2,1-3H3. The molecule has 0 saturated carbocycles. The fraction of sp³-hybridized carbons (Fsp3) is 0.688. The predicted molar refractivity (Wildman–Crippen MR) is 83.7 cm³/mol. The largest absolute Gasteiger partial charge is 0.492 e. The van der Waals surface area contributed by atoms with Gasteiger partial charge in [0, 0.05) is 19.3 Å². The summed E-state index contributed by atoms with van der Waals surface area (Å²) in [5, 5.41) is 3.60. The summed E-state index contributed by atoms with van der Waals surface area (Å²) >= 11 is 0. The lowest BCUT2D eigenvalue weighted by molar-refractivity contribution is -0.0393. The maximum atomic E-state index is 5.99. The van der Waals surface area contributed by atoms with Gasteiger partial charge < -0.3 is 19.7 Å². The zero-order valence-electron chi connectivity index (χ0n) is 13.3. The Labute approximate surface area is 127 Å². The van der Waals surface area contributed by atoms with Gasteiger partial charge in [-0.1, -0.05) is 6.92 Å². The van der Waals surface area contributed by atoms with Crippen LogP contribution < -0.4 is 10.1 Å². The highest BCUT2D eigenvalue weighted by Crippen LogP contribution is 2.24. The molecule has 1 N–H and O–H groups in total. The van der Waals surface area contributed by atoms with E-state index >= 15 is 0 Å². The Morgan fingerprint density at radius 3 is 3.05 bits per heavy atom. The van der Waals surface area contributed by atoms with Crippen molar-refractivity contribution in [2.45, 2.75) is 32.4 Å². The van der Waals surface area contributed by atoms with E-state index in [9.17, 15) is 0 Å². The summed E-state index contributed by atoms with van der Waals surface area (Å²) in [7, 11) is 2.14. The number of morpholine rings is 1. The molecule has 0 amide bonds. The summed E-state index contributed by atoms with van der Waals surface area (Å²) in [6, 6.07) is 2.22. The maximum absolute atomic E-state index is 5.99. The Bertz CT molecular complexity index is 428. The van der Waals surface area contributed by atoms with Crippen molar-refractivity contribution in [2.24, 2.45) is 0 Å². The number of likely N-dealkylation sites (N-methyl/N-ethyl adjacent to an activating group) is 1. The second-order valence-corrected chi connectivity index (χ2v) is 5.49. The van der Waals surface area contributed by atoms with Gasteiger partial charge in [-0.05, 0) is 38.6 Å². The highest BCUT2D eigenvalue weighted by Gasteiger charge is 2.28. The Hall–Kier alpha value is -1.17. The third-order valence-corrected chi connectivity index (χ3v) is 3.69. The van der Waals surface area contributed by atoms with Gasteiger partial charge in [-0.15, -0.1) is 0 Å². The summed E-state index contributed by atoms with van der Waals surface area (Å²) in [5.41, 5.74) is 1.13. The number of rotatable bonds is 7. The monoisotopic (exact) mass is 293 g/mol. The molecule has 2 unspecified atom stereocenters. The van der Waals surface area contributed by atoms with Crippen molar-refractivity contribution in [1.82, 2.24) is 15.2 Å². The van der Waals surface area contributed by atoms with Gasteiger partial charge >= 0.3 is 0 Å². The van der Waals surface area contributed by atoms with E-state index in [4.69, 9.17) is 9.47 Å². The van der Waals surface area contributed by atoms with Gasteiger partial charge in [0.15, 0.2) is 0 Å². The number of ether oxygens (including phenoxy) is 2. The number of hydrogen-bond donors (Lipinski definition) is 1. The summed E-state index contributed by atoms with van der Waals surface area (Å²) in [6.45, 7) is 8.48. The zero-order chi connectivity index (χ0) is 15.1. The van der Waals surface area contributed by atoms with Gasteiger partial charge in [0.2, 0.25) is 0 Å². The van der Waals surface area contributed by atoms with E-state index < -0.39 is 0 Å². The van der Waals surface area contributed by atoms with Gasteiger partial charge in [-0.25, -0.2) is 0 Å². The van der Waals surface area contributed by atoms with Crippen LogP contribution in [0.3, 0.4) is 0 Å². The van der Waals surface area contributed by atoms with Crippen molar-refractivity contribution >= 4 is 0 Å². The molecule has 5 heteroatoms. The fourth-order valence-corrected chi connectivity index (χ4v) is 2.63. The molecule has 0 aliphatic carbocycles. The van der Waals surface area contributed by atoms with E-state index in [-0.39, 0.29) is 12.1 Å². The lowest BCUT2D eigenvalue weighted by Gasteiger charge is -2.35. The van der Waals surface area contributed by atoms with Crippen molar-refractivity contribution in [3.63, 3.8) is 0 Å². The summed E-state index contributed by atoms with van der Waals surface area (Å²) in [6.07, 6.45) is 4.91. The molecule has 2 atom stereocenters. The smallest absolute Gasteiger partial charge is 0.137 e. The van der Waals surface area contributed by atoms with E-state index in [2.05, 4.69) is 35.2 Å². The van der Waals surface area contributed by atoms with E-state index in [1.807, 2.05) is 13.1 Å². The average Bonchev–Trinajstić information content (AvgIpc) is 2.49. The van der Waals surface area contributed by atoms with Crippen LogP contribution >= 0.6 is 0 Å². The van der Waals surface area contributed by atoms with Crippen molar-refractivity contribution in [1.29, 1.82) is 0 Å². The van der Waals surface area contributed by atoms with Crippen molar-refractivity contribution in [2.75, 3.05) is 39.9 Å². The molecule has 118 valence electrons. The van der Waals surface area contributed by atoms with Crippen LogP contribution in [0.25, 0.3) is 0 Å². The Morgan fingerprint density at radius 2 is 2.33 bits per heavy atom. The molecule has 0 aromatic carbocycles. The first-order valence-electron chi connectivity index (χ1n) is 7.85. The average molecular weight is 293 g/mol. The zero-order valence-corrected chi connectivity index (χ0v) is 13.3. The predicted octanol–water partition coefficient (Wildman–Crippen LogP) is 1.85. The molecule has 1 fully saturated rings. The quantitative estimate of drug-likeness (QED) is 0.831. The molecule has 2 rings (SSSR count). The molecule has 0 radical (unpaired) electrons. The number of aromatic nitrogens is 1. The lowest BCUT2D eigenvalue weighted by Crippen LogP contribution is -2.46. The molecule has 1 aliphatic heterocycles. The number of nitrogens with one attached hydrogen (secondary N) is 1. The van der Waals surface area contributed by atoms with Crippen LogP contribution in [0.5, 0.6) is 5.75 Å². The molecule has 1 aliphatic rings. The first kappa shape index (κ1) is 16.2. The van der Waals surface area contributed by atoms with Gasteiger partial charge in [-0.2, -0.15) is 0 Å². The highest BCUT2D eigenvalue weighted by molar-refractivity contribution is 5.27. The SMILES string of the molecule is CCCNC(c1cncc(OCC)c1)C1CN(C)CCO1. The molecular formula is C16H27N3O2. The molecule has 5 nitrogen and oxygen atoms in total. The normalized spacial score (nSPS) is 21.2. The summed E-state index contributed by atoms with van der Waals surface area (Å²) in [5.74, 6) is 0.822. The molecule has 2 heterocycles. The van der Waals surface area contributed by atoms with Crippen LogP contribution in [-0.2, 0) is 4.74 Å². The van der Waals surface area contributed by atoms with Crippen LogP contribution in [0.1, 0.15) is 31.9 Å². The third-order valence-electron chi connectivity index (χ3n) is 3.69. The molecule has 0 spiro atoms. The van der Waals surface area contributed by atoms with Crippen LogP contribution in [-0.4, -0.2) is 55.9 Å². The molecule has 1 saturated heterocycles. The van der Waals surface area contributed by atoms with E-state index in [0.717, 1.165) is 44.0 Å². The summed E-state index contributed by atoms with van der Waals surface area (Å²) < 4.78 is 11.6. The molecule has 1 aromatic rings. The van der Waals surface area contributed by atoms with E-state index in [1.165, 1.54) is 0 Å². The second kappa shape index (κ2) is 8.32. The number of hydrogen-bond acceptors (Lipinski definition) is 5. The molecule has 1 aromatic heterocycles. The Balaban J connectivity index is 2.15. The maximum Gasteiger partial charge on any atom is 0.137 e. The Morgan fingerprint density at radius 1 is 1.48 bits per heavy atom. The van der Waals surface area contributed by atoms with Gasteiger partial charge in [0.25, 0.3) is 0 Å². The first-order chi connectivity index (χ1) is 10.2. The highest BCUT2D eigenvalue weighted by atomic mass is 16.5. The lowest BCUT2D eigenvalue weighted by atomic mass is 10.0.